The third-order valence-electron chi connectivity index (χ3n) is 5.01. The molecule has 1 saturated carbocycles. The summed E-state index contributed by atoms with van der Waals surface area (Å²) in [6.07, 6.45) is 1.57. The van der Waals surface area contributed by atoms with Gasteiger partial charge in [-0.1, -0.05) is 0 Å². The monoisotopic (exact) mass is 420 g/mol. The van der Waals surface area contributed by atoms with Crippen LogP contribution in [0.3, 0.4) is 0 Å². The molecule has 0 saturated heterocycles. The van der Waals surface area contributed by atoms with Gasteiger partial charge in [0.05, 0.1) is 35.4 Å². The van der Waals surface area contributed by atoms with Crippen molar-refractivity contribution in [2.24, 2.45) is 0 Å². The number of nitrogens with zero attached hydrogens (tertiary/aromatic N) is 6. The number of halogens is 3. The molecule has 30 heavy (non-hydrogen) atoms. The molecule has 3 aromatic rings. The van der Waals surface area contributed by atoms with Crippen molar-refractivity contribution >= 4 is 17.3 Å². The SMILES string of the molecule is CCNc1cc(Nc2cc(C(C)(C)n3nccn3)nn2C2CC2)ncc1C(F)(F)F. The summed E-state index contributed by atoms with van der Waals surface area (Å²) >= 11 is 0. The van der Waals surface area contributed by atoms with Crippen LogP contribution in [0.1, 0.15) is 50.9 Å². The molecule has 2 N–H and O–H groups in total. The van der Waals surface area contributed by atoms with E-state index in [0.717, 1.165) is 24.7 Å². The normalized spacial score (nSPS) is 14.7. The first-order valence-corrected chi connectivity index (χ1v) is 9.75. The maximum absolute atomic E-state index is 13.2. The van der Waals surface area contributed by atoms with Crippen molar-refractivity contribution in [1.29, 1.82) is 0 Å². The Labute approximate surface area is 171 Å². The highest BCUT2D eigenvalue weighted by Gasteiger charge is 2.35. The smallest absolute Gasteiger partial charge is 0.385 e. The van der Waals surface area contributed by atoms with E-state index in [1.165, 1.54) is 6.07 Å². The average molecular weight is 420 g/mol. The van der Waals surface area contributed by atoms with Crippen molar-refractivity contribution in [3.8, 4) is 0 Å². The summed E-state index contributed by atoms with van der Waals surface area (Å²) in [5, 5.41) is 19.1. The number of rotatable bonds is 7. The van der Waals surface area contributed by atoms with Gasteiger partial charge in [0, 0.05) is 24.9 Å². The van der Waals surface area contributed by atoms with Crippen molar-refractivity contribution in [3.05, 3.63) is 42.0 Å². The summed E-state index contributed by atoms with van der Waals surface area (Å²) in [4.78, 5) is 5.56. The molecule has 3 heterocycles. The molecule has 0 amide bonds. The first-order valence-electron chi connectivity index (χ1n) is 9.75. The molecule has 3 aromatic heterocycles. The number of hydrogen-bond donors (Lipinski definition) is 2. The summed E-state index contributed by atoms with van der Waals surface area (Å²) in [5.74, 6) is 0.977. The molecule has 4 rings (SSSR count). The molecular weight excluding hydrogens is 397 g/mol. The number of nitrogens with one attached hydrogen (secondary N) is 2. The highest BCUT2D eigenvalue weighted by molar-refractivity contribution is 5.63. The fourth-order valence-corrected chi connectivity index (χ4v) is 3.21. The van der Waals surface area contributed by atoms with Gasteiger partial charge in [-0.15, -0.1) is 0 Å². The molecular formula is C19H23F3N8. The second-order valence-electron chi connectivity index (χ2n) is 7.74. The minimum Gasteiger partial charge on any atom is -0.385 e. The number of pyridine rings is 1. The van der Waals surface area contributed by atoms with E-state index in [-0.39, 0.29) is 11.7 Å². The zero-order chi connectivity index (χ0) is 21.5. The van der Waals surface area contributed by atoms with Crippen molar-refractivity contribution in [2.45, 2.75) is 51.4 Å². The predicted molar refractivity (Wildman–Crippen MR) is 106 cm³/mol. The van der Waals surface area contributed by atoms with Crippen molar-refractivity contribution in [3.63, 3.8) is 0 Å². The molecule has 160 valence electrons. The number of anilines is 3. The first kappa shape index (κ1) is 20.2. The van der Waals surface area contributed by atoms with Gasteiger partial charge < -0.3 is 10.6 Å². The predicted octanol–water partition coefficient (Wildman–Crippen LogP) is 4.18. The van der Waals surface area contributed by atoms with E-state index in [0.29, 0.717) is 18.2 Å². The lowest BCUT2D eigenvalue weighted by Gasteiger charge is -2.20. The number of alkyl halides is 3. The Kier molecular flexibility index (Phi) is 4.91. The Balaban J connectivity index is 1.68. The summed E-state index contributed by atoms with van der Waals surface area (Å²) in [6, 6.07) is 3.50. The van der Waals surface area contributed by atoms with E-state index in [1.54, 1.807) is 24.1 Å². The average Bonchev–Trinajstić information content (AvgIpc) is 3.18. The van der Waals surface area contributed by atoms with E-state index >= 15 is 0 Å². The van der Waals surface area contributed by atoms with Crippen LogP contribution in [-0.4, -0.2) is 36.3 Å². The van der Waals surface area contributed by atoms with Gasteiger partial charge in [0.1, 0.15) is 17.2 Å². The fraction of sp³-hybridized carbons (Fsp3) is 0.474. The van der Waals surface area contributed by atoms with Crippen molar-refractivity contribution in [1.82, 2.24) is 29.8 Å². The van der Waals surface area contributed by atoms with Gasteiger partial charge in [-0.3, -0.25) is 0 Å². The van der Waals surface area contributed by atoms with Crippen LogP contribution in [0.4, 0.5) is 30.5 Å². The van der Waals surface area contributed by atoms with E-state index in [9.17, 15) is 13.2 Å². The van der Waals surface area contributed by atoms with Crippen molar-refractivity contribution in [2.75, 3.05) is 17.2 Å². The Morgan fingerprint density at radius 3 is 2.43 bits per heavy atom. The quantitative estimate of drug-likeness (QED) is 0.596. The molecule has 0 bridgehead atoms. The zero-order valence-corrected chi connectivity index (χ0v) is 16.9. The third-order valence-corrected chi connectivity index (χ3v) is 5.01. The molecule has 8 nitrogen and oxygen atoms in total. The van der Waals surface area contributed by atoms with Gasteiger partial charge in [-0.25, -0.2) is 9.67 Å². The summed E-state index contributed by atoms with van der Waals surface area (Å²) in [5.41, 5.74) is -0.659. The maximum Gasteiger partial charge on any atom is 0.419 e. The molecule has 0 unspecified atom stereocenters. The van der Waals surface area contributed by atoms with Crippen LogP contribution < -0.4 is 10.6 Å². The van der Waals surface area contributed by atoms with Crippen LogP contribution in [0, 0.1) is 0 Å². The Bertz CT molecular complexity index is 1020. The lowest BCUT2D eigenvalue weighted by Crippen LogP contribution is -2.30. The second kappa shape index (κ2) is 7.29. The number of hydrogen-bond acceptors (Lipinski definition) is 6. The second-order valence-corrected chi connectivity index (χ2v) is 7.74. The fourth-order valence-electron chi connectivity index (χ4n) is 3.21. The minimum absolute atomic E-state index is 0.0127. The summed E-state index contributed by atoms with van der Waals surface area (Å²) in [7, 11) is 0. The van der Waals surface area contributed by atoms with Gasteiger partial charge in [-0.05, 0) is 33.6 Å². The first-order chi connectivity index (χ1) is 14.2. The molecule has 1 fully saturated rings. The van der Waals surface area contributed by atoms with E-state index in [1.807, 2.05) is 24.6 Å². The minimum atomic E-state index is -4.48. The van der Waals surface area contributed by atoms with Gasteiger partial charge in [0.2, 0.25) is 0 Å². The lowest BCUT2D eigenvalue weighted by molar-refractivity contribution is -0.137. The standard InChI is InChI=1S/C19H23F3N8/c1-4-23-14-9-16(24-11-13(14)19(20,21)22)27-17-10-15(28-29(17)12-5-6-12)18(2,3)30-25-7-8-26-30/h7-12H,4-6H2,1-3H3,(H2,23,24,27). The molecule has 11 heteroatoms. The van der Waals surface area contributed by atoms with Crippen LogP contribution in [0.25, 0.3) is 0 Å². The van der Waals surface area contributed by atoms with Crippen LogP contribution in [-0.2, 0) is 11.7 Å². The maximum atomic E-state index is 13.2. The highest BCUT2D eigenvalue weighted by atomic mass is 19.4. The summed E-state index contributed by atoms with van der Waals surface area (Å²) in [6.45, 7) is 6.02. The van der Waals surface area contributed by atoms with Gasteiger partial charge >= 0.3 is 6.18 Å². The lowest BCUT2D eigenvalue weighted by atomic mass is 10.0. The van der Waals surface area contributed by atoms with Crippen LogP contribution >= 0.6 is 0 Å². The molecule has 0 spiro atoms. The van der Waals surface area contributed by atoms with E-state index < -0.39 is 17.3 Å². The molecule has 0 aliphatic heterocycles. The van der Waals surface area contributed by atoms with Crippen LogP contribution in [0.5, 0.6) is 0 Å². The van der Waals surface area contributed by atoms with Gasteiger partial charge in [0.15, 0.2) is 0 Å². The molecule has 0 atom stereocenters. The van der Waals surface area contributed by atoms with Gasteiger partial charge in [-0.2, -0.15) is 33.3 Å². The largest absolute Gasteiger partial charge is 0.419 e. The molecule has 0 radical (unpaired) electrons. The van der Waals surface area contributed by atoms with Crippen LogP contribution in [0.2, 0.25) is 0 Å². The van der Waals surface area contributed by atoms with Crippen LogP contribution in [0.15, 0.2) is 30.7 Å². The Morgan fingerprint density at radius 2 is 1.83 bits per heavy atom. The molecule has 1 aliphatic carbocycles. The zero-order valence-electron chi connectivity index (χ0n) is 16.9. The topological polar surface area (TPSA) is 85.5 Å². The summed E-state index contributed by atoms with van der Waals surface area (Å²) < 4.78 is 41.6. The van der Waals surface area contributed by atoms with Gasteiger partial charge in [0.25, 0.3) is 0 Å². The number of aromatic nitrogens is 6. The molecule has 1 aliphatic rings. The van der Waals surface area contributed by atoms with E-state index in [4.69, 9.17) is 5.10 Å². The van der Waals surface area contributed by atoms with Crippen molar-refractivity contribution < 1.29 is 13.2 Å². The van der Waals surface area contributed by atoms with E-state index in [2.05, 4.69) is 25.8 Å². The third kappa shape index (κ3) is 3.83. The highest BCUT2D eigenvalue weighted by Crippen LogP contribution is 2.40. The Morgan fingerprint density at radius 1 is 1.13 bits per heavy atom. The molecule has 0 aromatic carbocycles. The Hall–Kier alpha value is -3.11.